The summed E-state index contributed by atoms with van der Waals surface area (Å²) in [6.07, 6.45) is 0. The molecule has 0 radical (unpaired) electrons. The largest absolute Gasteiger partial charge is 0.310 e. The second kappa shape index (κ2) is 16.7. The third kappa shape index (κ3) is 6.21. The standard InChI is InChI=1S/C73H46N2S/c1-3-19-47(20-4-1)48-35-37-50(38-36-48)74(51-40-42-70-63(43-51)56-26-10-9-25-55(56)60-29-13-17-33-69(60)75(70)49-21-5-2-6-22-49)52-39-41-59-54-24-8-7-23-53(54)57-27-11-15-31-65(57)73(67(59)44-52)66-32-16-12-28-58(66)62-46-72-64(45-68(62)73)61-30-14-18-34-71(61)76-72/h1-46H. The molecule has 3 aliphatic rings. The van der Waals surface area contributed by atoms with Gasteiger partial charge in [0.1, 0.15) is 0 Å². The van der Waals surface area contributed by atoms with E-state index in [1.807, 2.05) is 11.3 Å². The van der Waals surface area contributed by atoms with Crippen molar-refractivity contribution in [3.8, 4) is 66.8 Å². The maximum absolute atomic E-state index is 2.56. The van der Waals surface area contributed by atoms with Crippen LogP contribution < -0.4 is 9.80 Å². The molecule has 354 valence electrons. The predicted molar refractivity (Wildman–Crippen MR) is 320 cm³/mol. The molecule has 2 aliphatic carbocycles. The topological polar surface area (TPSA) is 6.48 Å². The molecule has 1 spiro atoms. The lowest BCUT2D eigenvalue weighted by molar-refractivity contribution is 0.776. The fourth-order valence-electron chi connectivity index (χ4n) is 13.2. The molecular weight excluding hydrogens is 937 g/mol. The quantitative estimate of drug-likeness (QED) is 0.170. The average Bonchev–Trinajstić information content (AvgIpc) is 4.10. The number of benzene rings is 12. The first-order chi connectivity index (χ1) is 37.7. The van der Waals surface area contributed by atoms with E-state index in [1.165, 1.54) is 109 Å². The zero-order valence-electron chi connectivity index (χ0n) is 41.4. The molecule has 12 aromatic carbocycles. The van der Waals surface area contributed by atoms with E-state index in [0.29, 0.717) is 0 Å². The van der Waals surface area contributed by atoms with E-state index >= 15 is 0 Å². The van der Waals surface area contributed by atoms with Gasteiger partial charge in [0.15, 0.2) is 0 Å². The Balaban J connectivity index is 0.996. The van der Waals surface area contributed by atoms with Crippen molar-refractivity contribution in [3.05, 3.63) is 301 Å². The van der Waals surface area contributed by atoms with Gasteiger partial charge in [0.2, 0.25) is 0 Å². The number of hydrogen-bond acceptors (Lipinski definition) is 3. The van der Waals surface area contributed by atoms with Crippen LogP contribution in [0.1, 0.15) is 22.3 Å². The highest BCUT2D eigenvalue weighted by Crippen LogP contribution is 2.63. The number of anilines is 6. The van der Waals surface area contributed by atoms with E-state index < -0.39 is 5.41 Å². The smallest absolute Gasteiger partial charge is 0.0726 e. The maximum atomic E-state index is 2.56. The minimum absolute atomic E-state index is 0.679. The van der Waals surface area contributed by atoms with Gasteiger partial charge in [-0.2, -0.15) is 0 Å². The fraction of sp³-hybridized carbons (Fsp3) is 0.0137. The van der Waals surface area contributed by atoms with E-state index in [-0.39, 0.29) is 0 Å². The highest BCUT2D eigenvalue weighted by Gasteiger charge is 2.50. The second-order valence-electron chi connectivity index (χ2n) is 20.3. The Bertz CT molecular complexity index is 4480. The Labute approximate surface area is 446 Å². The SMILES string of the molecule is c1ccc(-c2ccc(N(c3ccc4c(c3)-c3ccccc3-c3ccccc3N4c3ccccc3)c3ccc4c(c3)C3(c5ccccc5-c5ccccc5-4)c4ccccc4-c4cc5sc6ccccc6c5cc43)cc2)cc1. The van der Waals surface area contributed by atoms with E-state index in [0.717, 1.165) is 34.1 Å². The van der Waals surface area contributed by atoms with Crippen molar-refractivity contribution in [2.24, 2.45) is 0 Å². The van der Waals surface area contributed by atoms with Crippen molar-refractivity contribution >= 4 is 65.6 Å². The maximum Gasteiger partial charge on any atom is 0.0726 e. The van der Waals surface area contributed by atoms with Crippen LogP contribution in [0.3, 0.4) is 0 Å². The average molecular weight is 983 g/mol. The van der Waals surface area contributed by atoms with Crippen LogP contribution in [0.15, 0.2) is 279 Å². The molecule has 1 aliphatic heterocycles. The van der Waals surface area contributed by atoms with Gasteiger partial charge in [0.05, 0.1) is 16.8 Å². The Morgan fingerprint density at radius 2 is 0.763 bits per heavy atom. The summed E-state index contributed by atoms with van der Waals surface area (Å²) < 4.78 is 2.63. The van der Waals surface area contributed by atoms with Gasteiger partial charge < -0.3 is 9.80 Å². The molecule has 0 saturated carbocycles. The number of nitrogens with zero attached hydrogens (tertiary/aromatic N) is 2. The minimum atomic E-state index is -0.679. The number of thiophene rings is 1. The molecule has 0 amide bonds. The van der Waals surface area contributed by atoms with E-state index in [1.54, 1.807) is 0 Å². The lowest BCUT2D eigenvalue weighted by atomic mass is 9.65. The molecule has 3 heteroatoms. The molecule has 1 aromatic heterocycles. The van der Waals surface area contributed by atoms with Gasteiger partial charge in [-0.25, -0.2) is 0 Å². The van der Waals surface area contributed by atoms with Crippen molar-refractivity contribution in [1.82, 2.24) is 0 Å². The molecule has 0 fully saturated rings. The summed E-state index contributed by atoms with van der Waals surface area (Å²) in [5.74, 6) is 0. The normalized spacial score (nSPS) is 14.3. The summed E-state index contributed by atoms with van der Waals surface area (Å²) in [6, 6.07) is 104. The van der Waals surface area contributed by atoms with Gasteiger partial charge in [0, 0.05) is 54.0 Å². The van der Waals surface area contributed by atoms with Crippen molar-refractivity contribution in [1.29, 1.82) is 0 Å². The summed E-state index contributed by atoms with van der Waals surface area (Å²) in [4.78, 5) is 4.94. The van der Waals surface area contributed by atoms with Crippen LogP contribution in [0.2, 0.25) is 0 Å². The van der Waals surface area contributed by atoms with Gasteiger partial charge in [-0.3, -0.25) is 0 Å². The van der Waals surface area contributed by atoms with Crippen molar-refractivity contribution in [2.75, 3.05) is 9.80 Å². The number of para-hydroxylation sites is 2. The van der Waals surface area contributed by atoms with Crippen molar-refractivity contribution < 1.29 is 0 Å². The first-order valence-corrected chi connectivity index (χ1v) is 27.1. The van der Waals surface area contributed by atoms with Gasteiger partial charge in [-0.05, 0) is 157 Å². The van der Waals surface area contributed by atoms with Gasteiger partial charge in [-0.1, -0.05) is 200 Å². The van der Waals surface area contributed by atoms with Crippen LogP contribution in [0, 0.1) is 0 Å². The highest BCUT2D eigenvalue weighted by molar-refractivity contribution is 7.25. The van der Waals surface area contributed by atoms with Crippen LogP contribution in [0.5, 0.6) is 0 Å². The number of rotatable bonds is 5. The molecule has 1 unspecified atom stereocenters. The van der Waals surface area contributed by atoms with E-state index in [4.69, 9.17) is 0 Å². The molecule has 13 aromatic rings. The van der Waals surface area contributed by atoms with Crippen LogP contribution in [-0.2, 0) is 5.41 Å². The first-order valence-electron chi connectivity index (χ1n) is 26.2. The summed E-state index contributed by atoms with van der Waals surface area (Å²) in [7, 11) is 0. The minimum Gasteiger partial charge on any atom is -0.310 e. The van der Waals surface area contributed by atoms with Gasteiger partial charge in [-0.15, -0.1) is 11.3 Å². The van der Waals surface area contributed by atoms with Gasteiger partial charge >= 0.3 is 0 Å². The number of hydrogen-bond donors (Lipinski definition) is 0. The Hall–Kier alpha value is -9.54. The molecule has 0 saturated heterocycles. The molecule has 1 atom stereocenters. The molecule has 16 rings (SSSR count). The van der Waals surface area contributed by atoms with Crippen LogP contribution in [0.4, 0.5) is 34.1 Å². The molecular formula is C73H46N2S. The lowest BCUT2D eigenvalue weighted by Gasteiger charge is -2.36. The Morgan fingerprint density at radius 3 is 1.49 bits per heavy atom. The fourth-order valence-corrected chi connectivity index (χ4v) is 14.4. The molecule has 0 N–H and O–H groups in total. The zero-order valence-corrected chi connectivity index (χ0v) is 42.2. The third-order valence-electron chi connectivity index (χ3n) is 16.4. The Kier molecular flexibility index (Phi) is 9.45. The van der Waals surface area contributed by atoms with E-state index in [2.05, 4.69) is 289 Å². The monoisotopic (exact) mass is 982 g/mol. The van der Waals surface area contributed by atoms with Crippen molar-refractivity contribution in [3.63, 3.8) is 0 Å². The highest BCUT2D eigenvalue weighted by atomic mass is 32.1. The summed E-state index contributed by atoms with van der Waals surface area (Å²) >= 11 is 1.90. The molecule has 76 heavy (non-hydrogen) atoms. The van der Waals surface area contributed by atoms with Crippen LogP contribution >= 0.6 is 11.3 Å². The summed E-state index contributed by atoms with van der Waals surface area (Å²) in [5.41, 5.74) is 25.9. The lowest BCUT2D eigenvalue weighted by Crippen LogP contribution is -2.29. The first kappa shape index (κ1) is 42.9. The molecule has 2 heterocycles. The zero-order chi connectivity index (χ0) is 49.9. The molecule has 0 bridgehead atoms. The Morgan fingerprint density at radius 1 is 0.276 bits per heavy atom. The number of fused-ring (bicyclic) bond motifs is 20. The second-order valence-corrected chi connectivity index (χ2v) is 21.4. The van der Waals surface area contributed by atoms with Crippen LogP contribution in [-0.4, -0.2) is 0 Å². The van der Waals surface area contributed by atoms with Crippen LogP contribution in [0.25, 0.3) is 86.9 Å². The molecule has 2 nitrogen and oxygen atoms in total. The van der Waals surface area contributed by atoms with E-state index in [9.17, 15) is 0 Å². The van der Waals surface area contributed by atoms with Gasteiger partial charge in [0.25, 0.3) is 0 Å². The summed E-state index contributed by atoms with van der Waals surface area (Å²) in [6.45, 7) is 0. The third-order valence-corrected chi connectivity index (χ3v) is 17.6. The predicted octanol–water partition coefficient (Wildman–Crippen LogP) is 20.3. The van der Waals surface area contributed by atoms with Crippen molar-refractivity contribution in [2.45, 2.75) is 5.41 Å². The summed E-state index contributed by atoms with van der Waals surface area (Å²) in [5, 5.41) is 2.61.